The van der Waals surface area contributed by atoms with Gasteiger partial charge in [-0.3, -0.25) is 9.59 Å². The molecule has 0 unspecified atom stereocenters. The molecule has 0 saturated carbocycles. The van der Waals surface area contributed by atoms with Crippen molar-refractivity contribution in [2.24, 2.45) is 5.73 Å². The van der Waals surface area contributed by atoms with Crippen LogP contribution >= 0.6 is 0 Å². The van der Waals surface area contributed by atoms with E-state index in [0.29, 0.717) is 43.7 Å². The molecule has 1 fully saturated rings. The predicted octanol–water partition coefficient (Wildman–Crippen LogP) is 1.14. The minimum atomic E-state index is -0.783. The average molecular weight is 431 g/mol. The van der Waals surface area contributed by atoms with Crippen molar-refractivity contribution in [1.29, 1.82) is 0 Å². The number of nitrogens with one attached hydrogen (secondary N) is 1. The van der Waals surface area contributed by atoms with Crippen molar-refractivity contribution in [2.75, 3.05) is 33.4 Å². The molecule has 3 rings (SSSR count). The molecular weight excluding hydrogens is 400 g/mol. The van der Waals surface area contributed by atoms with Crippen LogP contribution in [0.4, 0.5) is 4.79 Å². The fraction of sp³-hybridized carbons (Fsp3) is 0.500. The van der Waals surface area contributed by atoms with Gasteiger partial charge < -0.3 is 30.3 Å². The number of alkyl carbamates (subject to hydrolysis) is 1. The van der Waals surface area contributed by atoms with E-state index in [2.05, 4.69) is 11.9 Å². The highest BCUT2D eigenvalue weighted by atomic mass is 16.5. The Morgan fingerprint density at radius 1 is 1.42 bits per heavy atom. The number of fused-ring (bicyclic) bond motifs is 3. The standard InChI is InChI=1S/C22H30N4O5/c1-3-10-30-22(29)24-19-8-5-9-25(2)20(27)15-6-4-7-18(11-15)31-14-17-12-16(23)13-26(17)21(19)28/h3-4,6-7,11,16-17,19H,1,5,8-10,12-14,23H2,2H3,(H,24,29)/t16-,17-,19-/m0/s1. The van der Waals surface area contributed by atoms with Crippen LogP contribution in [0.2, 0.25) is 0 Å². The number of rotatable bonds is 3. The number of ether oxygens (including phenoxy) is 2. The summed E-state index contributed by atoms with van der Waals surface area (Å²) in [7, 11) is 1.71. The van der Waals surface area contributed by atoms with Crippen LogP contribution in [0.25, 0.3) is 0 Å². The van der Waals surface area contributed by atoms with Crippen LogP contribution in [0.3, 0.4) is 0 Å². The molecule has 2 heterocycles. The van der Waals surface area contributed by atoms with E-state index in [4.69, 9.17) is 15.2 Å². The lowest BCUT2D eigenvalue weighted by Crippen LogP contribution is -2.51. The molecule has 0 aliphatic carbocycles. The zero-order valence-corrected chi connectivity index (χ0v) is 17.8. The average Bonchev–Trinajstić information content (AvgIpc) is 3.14. The first-order valence-electron chi connectivity index (χ1n) is 10.5. The second-order valence-corrected chi connectivity index (χ2v) is 7.93. The summed E-state index contributed by atoms with van der Waals surface area (Å²) in [6, 6.07) is 5.85. The van der Waals surface area contributed by atoms with E-state index < -0.39 is 12.1 Å². The third kappa shape index (κ3) is 5.75. The highest BCUT2D eigenvalue weighted by Crippen LogP contribution is 2.22. The van der Waals surface area contributed by atoms with Crippen molar-refractivity contribution in [2.45, 2.75) is 37.4 Å². The maximum Gasteiger partial charge on any atom is 0.408 e. The molecule has 2 aliphatic heterocycles. The van der Waals surface area contributed by atoms with Gasteiger partial charge >= 0.3 is 6.09 Å². The lowest BCUT2D eigenvalue weighted by atomic mass is 10.1. The van der Waals surface area contributed by atoms with Gasteiger partial charge in [0.1, 0.15) is 25.0 Å². The molecule has 168 valence electrons. The van der Waals surface area contributed by atoms with Crippen LogP contribution in [0.5, 0.6) is 5.75 Å². The molecule has 9 heteroatoms. The molecule has 0 aromatic heterocycles. The molecule has 1 aromatic carbocycles. The zero-order chi connectivity index (χ0) is 22.4. The lowest BCUT2D eigenvalue weighted by Gasteiger charge is -2.30. The third-order valence-corrected chi connectivity index (χ3v) is 5.51. The van der Waals surface area contributed by atoms with Crippen LogP contribution < -0.4 is 15.8 Å². The quantitative estimate of drug-likeness (QED) is 0.695. The van der Waals surface area contributed by atoms with E-state index in [9.17, 15) is 14.4 Å². The van der Waals surface area contributed by atoms with Crippen molar-refractivity contribution in [1.82, 2.24) is 15.1 Å². The highest BCUT2D eigenvalue weighted by molar-refractivity contribution is 5.94. The number of carbonyl (C=O) groups excluding carboxylic acids is 3. The minimum Gasteiger partial charge on any atom is -0.491 e. The van der Waals surface area contributed by atoms with Crippen molar-refractivity contribution in [3.8, 4) is 5.75 Å². The summed E-state index contributed by atoms with van der Waals surface area (Å²) in [4.78, 5) is 41.4. The molecule has 3 N–H and O–H groups in total. The molecule has 9 nitrogen and oxygen atoms in total. The number of hydrogen-bond acceptors (Lipinski definition) is 6. The van der Waals surface area contributed by atoms with Crippen LogP contribution in [0, 0.1) is 0 Å². The van der Waals surface area contributed by atoms with Crippen LogP contribution in [-0.4, -0.2) is 79.2 Å². The predicted molar refractivity (Wildman–Crippen MR) is 115 cm³/mol. The molecule has 1 aromatic rings. The number of nitrogens with zero attached hydrogens (tertiary/aromatic N) is 2. The van der Waals surface area contributed by atoms with Gasteiger partial charge in [-0.05, 0) is 37.5 Å². The summed E-state index contributed by atoms with van der Waals surface area (Å²) in [6.07, 6.45) is 2.26. The third-order valence-electron chi connectivity index (χ3n) is 5.51. The molecular formula is C22H30N4O5. The van der Waals surface area contributed by atoms with E-state index in [0.717, 1.165) is 0 Å². The van der Waals surface area contributed by atoms with Gasteiger partial charge in [0.25, 0.3) is 5.91 Å². The van der Waals surface area contributed by atoms with Crippen LogP contribution in [0.15, 0.2) is 36.9 Å². The fourth-order valence-electron chi connectivity index (χ4n) is 3.92. The Kier molecular flexibility index (Phi) is 7.51. The van der Waals surface area contributed by atoms with Gasteiger partial charge in [0.2, 0.25) is 5.91 Å². The summed E-state index contributed by atoms with van der Waals surface area (Å²) in [6.45, 7) is 4.64. The van der Waals surface area contributed by atoms with Crippen molar-refractivity contribution in [3.05, 3.63) is 42.5 Å². The number of nitrogens with two attached hydrogens (primary N) is 1. The van der Waals surface area contributed by atoms with E-state index in [1.807, 2.05) is 0 Å². The van der Waals surface area contributed by atoms with E-state index >= 15 is 0 Å². The summed E-state index contributed by atoms with van der Waals surface area (Å²) >= 11 is 0. The lowest BCUT2D eigenvalue weighted by molar-refractivity contribution is -0.135. The van der Waals surface area contributed by atoms with Crippen molar-refractivity contribution >= 4 is 17.9 Å². The van der Waals surface area contributed by atoms with Gasteiger partial charge in [0.15, 0.2) is 0 Å². The highest BCUT2D eigenvalue weighted by Gasteiger charge is 2.37. The maximum atomic E-state index is 13.3. The SMILES string of the molecule is C=CCOC(=O)N[C@H]1CCCN(C)C(=O)c2cccc(c2)OC[C@@H]2C[C@H](N)CN2C1=O. The van der Waals surface area contributed by atoms with Gasteiger partial charge in [-0.1, -0.05) is 18.7 Å². The first-order chi connectivity index (χ1) is 14.9. The maximum absolute atomic E-state index is 13.3. The first-order valence-corrected chi connectivity index (χ1v) is 10.5. The van der Waals surface area contributed by atoms with Crippen molar-refractivity contribution < 1.29 is 23.9 Å². The molecule has 31 heavy (non-hydrogen) atoms. The summed E-state index contributed by atoms with van der Waals surface area (Å²) in [5.41, 5.74) is 6.67. The van der Waals surface area contributed by atoms with Gasteiger partial charge in [-0.2, -0.15) is 0 Å². The summed E-state index contributed by atoms with van der Waals surface area (Å²) in [5.74, 6) is 0.206. The minimum absolute atomic E-state index is 0.0484. The fourth-order valence-corrected chi connectivity index (χ4v) is 3.92. The van der Waals surface area contributed by atoms with E-state index in [-0.39, 0.29) is 37.1 Å². The molecule has 2 bridgehead atoms. The summed E-state index contributed by atoms with van der Waals surface area (Å²) < 4.78 is 10.9. The van der Waals surface area contributed by atoms with Gasteiger partial charge in [0.05, 0.1) is 6.04 Å². The van der Waals surface area contributed by atoms with Crippen molar-refractivity contribution in [3.63, 3.8) is 0 Å². The molecule has 3 atom stereocenters. The topological polar surface area (TPSA) is 114 Å². The second kappa shape index (κ2) is 10.3. The number of carbonyl (C=O) groups is 3. The largest absolute Gasteiger partial charge is 0.491 e. The van der Waals surface area contributed by atoms with Gasteiger partial charge in [-0.25, -0.2) is 4.79 Å². The Labute approximate surface area is 182 Å². The van der Waals surface area contributed by atoms with E-state index in [1.165, 1.54) is 6.08 Å². The molecule has 1 saturated heterocycles. The monoisotopic (exact) mass is 430 g/mol. The Morgan fingerprint density at radius 2 is 2.23 bits per heavy atom. The Hall–Kier alpha value is -3.07. The van der Waals surface area contributed by atoms with Gasteiger partial charge in [0, 0.05) is 31.7 Å². The normalized spacial score (nSPS) is 24.6. The molecule has 0 radical (unpaired) electrons. The van der Waals surface area contributed by atoms with Crippen LogP contribution in [0.1, 0.15) is 29.6 Å². The molecule has 0 spiro atoms. The molecule has 2 aliphatic rings. The van der Waals surface area contributed by atoms with E-state index in [1.54, 1.807) is 41.1 Å². The number of benzene rings is 1. The van der Waals surface area contributed by atoms with Crippen LogP contribution in [-0.2, 0) is 9.53 Å². The summed E-state index contributed by atoms with van der Waals surface area (Å²) in [5, 5.41) is 2.66. The Balaban J connectivity index is 1.83. The smallest absolute Gasteiger partial charge is 0.408 e. The molecule has 3 amide bonds. The Bertz CT molecular complexity index is 830. The zero-order valence-electron chi connectivity index (χ0n) is 17.8. The number of hydrogen-bond donors (Lipinski definition) is 2. The first kappa shape index (κ1) is 22.6. The number of amides is 3. The van der Waals surface area contributed by atoms with Gasteiger partial charge in [-0.15, -0.1) is 0 Å². The second-order valence-electron chi connectivity index (χ2n) is 7.93. The Morgan fingerprint density at radius 3 is 3.00 bits per heavy atom.